The van der Waals surface area contributed by atoms with Gasteiger partial charge in [-0.2, -0.15) is 13.2 Å². The number of alkyl halides is 3. The van der Waals surface area contributed by atoms with Crippen LogP contribution in [-0.2, 0) is 6.18 Å². The first-order chi connectivity index (χ1) is 17.8. The summed E-state index contributed by atoms with van der Waals surface area (Å²) in [6.07, 6.45) is 1.31. The summed E-state index contributed by atoms with van der Waals surface area (Å²) in [6.45, 7) is 4.31. The second-order valence-corrected chi connectivity index (χ2v) is 9.94. The highest BCUT2D eigenvalue weighted by atomic mass is 32.1. The molecule has 1 aromatic heterocycles. The zero-order valence-electron chi connectivity index (χ0n) is 20.2. The molecule has 2 aromatic carbocycles. The molecular weight excluding hydrogens is 517 g/mol. The van der Waals surface area contributed by atoms with Crippen LogP contribution in [0.2, 0.25) is 0 Å². The molecule has 2 N–H and O–H groups in total. The summed E-state index contributed by atoms with van der Waals surface area (Å²) >= 11 is 6.93. The van der Waals surface area contributed by atoms with Crippen molar-refractivity contribution in [3.05, 3.63) is 82.3 Å². The van der Waals surface area contributed by atoms with Gasteiger partial charge in [0.2, 0.25) is 0 Å². The number of allylic oxidation sites excluding steroid dienone is 1. The fourth-order valence-electron chi connectivity index (χ4n) is 4.18. The Kier molecular flexibility index (Phi) is 8.60. The lowest BCUT2D eigenvalue weighted by Crippen LogP contribution is -2.43. The van der Waals surface area contributed by atoms with Gasteiger partial charge in [0.25, 0.3) is 5.91 Å². The predicted molar refractivity (Wildman–Crippen MR) is 146 cm³/mol. The van der Waals surface area contributed by atoms with Crippen LogP contribution in [0.4, 0.5) is 18.9 Å². The summed E-state index contributed by atoms with van der Waals surface area (Å²) in [5.41, 5.74) is 0.854. The quantitative estimate of drug-likeness (QED) is 0.267. The molecule has 0 spiro atoms. The van der Waals surface area contributed by atoms with E-state index in [1.165, 1.54) is 17.4 Å². The van der Waals surface area contributed by atoms with Crippen molar-refractivity contribution < 1.29 is 18.0 Å². The van der Waals surface area contributed by atoms with Gasteiger partial charge in [-0.05, 0) is 55.7 Å². The first-order valence-corrected chi connectivity index (χ1v) is 13.2. The third kappa shape index (κ3) is 6.75. The summed E-state index contributed by atoms with van der Waals surface area (Å²) < 4.78 is 39.6. The van der Waals surface area contributed by atoms with Crippen LogP contribution < -0.4 is 10.6 Å². The SMILES string of the molecule is C/C=C/CNC(=S)N1CCC(c2nc(C(=O)Nc3ccccc3-c3cccc(C(F)(F)F)c3)cs2)CC1. The van der Waals surface area contributed by atoms with E-state index in [-0.39, 0.29) is 5.92 Å². The molecule has 194 valence electrons. The Labute approximate surface area is 223 Å². The number of thiazole rings is 1. The topological polar surface area (TPSA) is 57.3 Å². The van der Waals surface area contributed by atoms with Gasteiger partial charge in [-0.3, -0.25) is 4.79 Å². The molecule has 3 aromatic rings. The maximum absolute atomic E-state index is 13.2. The molecule has 10 heteroatoms. The molecule has 1 saturated heterocycles. The van der Waals surface area contributed by atoms with Gasteiger partial charge in [0, 0.05) is 42.2 Å². The number of thiocarbonyl (C=S) groups is 1. The Hall–Kier alpha value is -3.24. The normalized spacial score (nSPS) is 14.6. The zero-order chi connectivity index (χ0) is 26.4. The van der Waals surface area contributed by atoms with Gasteiger partial charge < -0.3 is 15.5 Å². The number of hydrogen-bond acceptors (Lipinski definition) is 4. The summed E-state index contributed by atoms with van der Waals surface area (Å²) in [6, 6.07) is 11.9. The van der Waals surface area contributed by atoms with E-state index >= 15 is 0 Å². The third-order valence-corrected chi connectivity index (χ3v) is 7.58. The number of nitrogens with one attached hydrogen (secondary N) is 2. The van der Waals surface area contributed by atoms with Gasteiger partial charge in [0.15, 0.2) is 5.11 Å². The van der Waals surface area contributed by atoms with E-state index in [2.05, 4.69) is 20.5 Å². The fourth-order valence-corrected chi connectivity index (χ4v) is 5.42. The van der Waals surface area contributed by atoms with E-state index in [1.807, 2.05) is 19.1 Å². The largest absolute Gasteiger partial charge is 0.416 e. The van der Waals surface area contributed by atoms with Gasteiger partial charge in [0.05, 0.1) is 10.6 Å². The number of nitrogens with zero attached hydrogens (tertiary/aromatic N) is 2. The second-order valence-electron chi connectivity index (χ2n) is 8.67. The zero-order valence-corrected chi connectivity index (χ0v) is 21.8. The van der Waals surface area contributed by atoms with Crippen molar-refractivity contribution in [2.24, 2.45) is 0 Å². The van der Waals surface area contributed by atoms with Gasteiger partial charge in [-0.1, -0.05) is 42.5 Å². The molecule has 4 rings (SSSR count). The molecule has 0 unspecified atom stereocenters. The lowest BCUT2D eigenvalue weighted by Gasteiger charge is -2.33. The van der Waals surface area contributed by atoms with Crippen molar-refractivity contribution in [1.29, 1.82) is 0 Å². The summed E-state index contributed by atoms with van der Waals surface area (Å²) in [7, 11) is 0. The van der Waals surface area contributed by atoms with Crippen molar-refractivity contribution in [2.45, 2.75) is 31.9 Å². The number of likely N-dealkylation sites (tertiary alicyclic amines) is 1. The van der Waals surface area contributed by atoms with Crippen LogP contribution in [0.5, 0.6) is 0 Å². The standard InChI is InChI=1S/C27H27F3N4OS2/c1-2-3-13-31-26(36)34-14-11-18(12-15-34)25-33-23(17-37-25)24(35)32-22-10-5-4-9-21(22)19-7-6-8-20(16-19)27(28,29)30/h2-10,16-18H,11-15H2,1H3,(H,31,36)(H,32,35)/b3-2+. The molecule has 1 aliphatic heterocycles. The van der Waals surface area contributed by atoms with E-state index in [4.69, 9.17) is 12.2 Å². The number of rotatable bonds is 6. The molecule has 0 radical (unpaired) electrons. The first-order valence-electron chi connectivity index (χ1n) is 11.9. The van der Waals surface area contributed by atoms with Crippen LogP contribution in [0.25, 0.3) is 11.1 Å². The van der Waals surface area contributed by atoms with Crippen molar-refractivity contribution in [3.8, 4) is 11.1 Å². The van der Waals surface area contributed by atoms with Gasteiger partial charge in [0.1, 0.15) is 5.69 Å². The highest BCUT2D eigenvalue weighted by molar-refractivity contribution is 7.80. The smallest absolute Gasteiger partial charge is 0.359 e. The van der Waals surface area contributed by atoms with Crippen molar-refractivity contribution in [1.82, 2.24) is 15.2 Å². The van der Waals surface area contributed by atoms with E-state index in [0.29, 0.717) is 29.1 Å². The van der Waals surface area contributed by atoms with Crippen molar-refractivity contribution in [2.75, 3.05) is 25.0 Å². The second kappa shape index (κ2) is 11.9. The van der Waals surface area contributed by atoms with Crippen molar-refractivity contribution in [3.63, 3.8) is 0 Å². The molecule has 0 aliphatic carbocycles. The first kappa shape index (κ1) is 26.8. The number of benzene rings is 2. The van der Waals surface area contributed by atoms with E-state index < -0.39 is 17.6 Å². The van der Waals surface area contributed by atoms with Gasteiger partial charge in [-0.25, -0.2) is 4.98 Å². The maximum Gasteiger partial charge on any atom is 0.416 e. The Balaban J connectivity index is 1.41. The number of aromatic nitrogens is 1. The number of piperidine rings is 1. The average molecular weight is 545 g/mol. The highest BCUT2D eigenvalue weighted by Crippen LogP contribution is 2.35. The Bertz CT molecular complexity index is 1280. The van der Waals surface area contributed by atoms with Gasteiger partial charge in [-0.15, -0.1) is 11.3 Å². The summed E-state index contributed by atoms with van der Waals surface area (Å²) in [5.74, 6) is -0.146. The Morgan fingerprint density at radius 2 is 1.95 bits per heavy atom. The third-order valence-electron chi connectivity index (χ3n) is 6.17. The number of anilines is 1. The summed E-state index contributed by atoms with van der Waals surface area (Å²) in [4.78, 5) is 19.7. The Morgan fingerprint density at radius 3 is 2.68 bits per heavy atom. The Morgan fingerprint density at radius 1 is 1.19 bits per heavy atom. The molecular formula is C27H27F3N4OS2. The van der Waals surface area contributed by atoms with E-state index in [9.17, 15) is 18.0 Å². The number of para-hydroxylation sites is 1. The number of carbonyl (C=O) groups excluding carboxylic acids is 1. The molecule has 0 saturated carbocycles. The minimum absolute atomic E-state index is 0.249. The number of carbonyl (C=O) groups is 1. The number of hydrogen-bond donors (Lipinski definition) is 2. The lowest BCUT2D eigenvalue weighted by molar-refractivity contribution is -0.137. The van der Waals surface area contributed by atoms with Crippen LogP contribution in [-0.4, -0.2) is 40.5 Å². The minimum atomic E-state index is -4.45. The molecule has 2 heterocycles. The molecule has 0 atom stereocenters. The van der Waals surface area contributed by atoms with Crippen LogP contribution >= 0.6 is 23.6 Å². The minimum Gasteiger partial charge on any atom is -0.359 e. The van der Waals surface area contributed by atoms with Crippen LogP contribution in [0.15, 0.2) is 66.1 Å². The molecule has 0 bridgehead atoms. The van der Waals surface area contributed by atoms with Crippen LogP contribution in [0.3, 0.4) is 0 Å². The van der Waals surface area contributed by atoms with Crippen LogP contribution in [0.1, 0.15) is 46.7 Å². The molecule has 1 aliphatic rings. The van der Waals surface area contributed by atoms with Crippen molar-refractivity contribution >= 4 is 40.3 Å². The lowest BCUT2D eigenvalue weighted by atomic mass is 9.98. The average Bonchev–Trinajstić information content (AvgIpc) is 3.39. The van der Waals surface area contributed by atoms with E-state index in [0.717, 1.165) is 48.2 Å². The molecule has 5 nitrogen and oxygen atoms in total. The number of halogens is 3. The summed E-state index contributed by atoms with van der Waals surface area (Å²) in [5, 5.41) is 9.44. The van der Waals surface area contributed by atoms with Gasteiger partial charge >= 0.3 is 6.18 Å². The monoisotopic (exact) mass is 544 g/mol. The maximum atomic E-state index is 13.2. The molecule has 1 amide bonds. The van der Waals surface area contributed by atoms with E-state index in [1.54, 1.807) is 35.7 Å². The molecule has 37 heavy (non-hydrogen) atoms. The fraction of sp³-hybridized carbons (Fsp3) is 0.296. The molecule has 1 fully saturated rings. The number of amides is 1. The highest BCUT2D eigenvalue weighted by Gasteiger charge is 2.30. The van der Waals surface area contributed by atoms with Crippen LogP contribution in [0, 0.1) is 0 Å². The predicted octanol–water partition coefficient (Wildman–Crippen LogP) is 6.71.